The van der Waals surface area contributed by atoms with Crippen LogP contribution in [0.1, 0.15) is 16.1 Å². The van der Waals surface area contributed by atoms with Gasteiger partial charge in [-0.15, -0.1) is 0 Å². The molecule has 0 aliphatic heterocycles. The fourth-order valence-electron chi connectivity index (χ4n) is 1.34. The van der Waals surface area contributed by atoms with E-state index in [0.717, 1.165) is 0 Å². The Kier molecular flexibility index (Phi) is 5.01. The Balaban J connectivity index is 2.80. The van der Waals surface area contributed by atoms with Crippen molar-refractivity contribution in [3.05, 3.63) is 29.6 Å². The van der Waals surface area contributed by atoms with Gasteiger partial charge in [-0.1, -0.05) is 5.16 Å². The van der Waals surface area contributed by atoms with E-state index in [-0.39, 0.29) is 29.9 Å². The second-order valence-electron chi connectivity index (χ2n) is 4.37. The molecule has 0 saturated heterocycles. The summed E-state index contributed by atoms with van der Waals surface area (Å²) in [5.41, 5.74) is 5.97. The van der Waals surface area contributed by atoms with Crippen LogP contribution < -0.4 is 5.73 Å². The molecule has 1 heterocycles. The van der Waals surface area contributed by atoms with Gasteiger partial charge in [0.25, 0.3) is 5.91 Å². The van der Waals surface area contributed by atoms with E-state index >= 15 is 0 Å². The molecule has 2 amide bonds. The quantitative estimate of drug-likeness (QED) is 0.329. The standard InChI is InChI=1S/C12H17N5O3/c1-16(2)10(18)7-17(3)12(19)9-5-4-8(6-14-9)11(13)15-20/h4-6,20H,7H2,1-3H3,(H2,13,15). The molecule has 0 unspecified atom stereocenters. The first-order chi connectivity index (χ1) is 9.36. The average molecular weight is 279 g/mol. The number of oxime groups is 1. The van der Waals surface area contributed by atoms with Gasteiger partial charge < -0.3 is 20.7 Å². The minimum Gasteiger partial charge on any atom is -0.409 e. The van der Waals surface area contributed by atoms with Gasteiger partial charge >= 0.3 is 0 Å². The number of carbonyl (C=O) groups excluding carboxylic acids is 2. The maximum Gasteiger partial charge on any atom is 0.272 e. The molecule has 0 fully saturated rings. The number of likely N-dealkylation sites (N-methyl/N-ethyl adjacent to an activating group) is 2. The summed E-state index contributed by atoms with van der Waals surface area (Å²) < 4.78 is 0. The maximum absolute atomic E-state index is 12.0. The molecule has 1 aromatic rings. The second-order valence-corrected chi connectivity index (χ2v) is 4.37. The van der Waals surface area contributed by atoms with Gasteiger partial charge in [0.15, 0.2) is 5.84 Å². The van der Waals surface area contributed by atoms with Crippen molar-refractivity contribution in [3.63, 3.8) is 0 Å². The zero-order valence-corrected chi connectivity index (χ0v) is 11.6. The first-order valence-corrected chi connectivity index (χ1v) is 5.76. The number of hydrogen-bond donors (Lipinski definition) is 2. The normalized spacial score (nSPS) is 11.1. The number of carbonyl (C=O) groups is 2. The molecule has 8 heteroatoms. The Morgan fingerprint density at radius 3 is 2.45 bits per heavy atom. The number of pyridine rings is 1. The second kappa shape index (κ2) is 6.50. The van der Waals surface area contributed by atoms with Crippen molar-refractivity contribution < 1.29 is 14.8 Å². The highest BCUT2D eigenvalue weighted by Gasteiger charge is 2.17. The van der Waals surface area contributed by atoms with Gasteiger partial charge in [0, 0.05) is 32.9 Å². The Labute approximate surface area is 116 Å². The number of hydrogen-bond acceptors (Lipinski definition) is 5. The fraction of sp³-hybridized carbons (Fsp3) is 0.333. The van der Waals surface area contributed by atoms with E-state index in [2.05, 4.69) is 10.1 Å². The maximum atomic E-state index is 12.0. The van der Waals surface area contributed by atoms with Crippen molar-refractivity contribution in [3.8, 4) is 0 Å². The van der Waals surface area contributed by atoms with Crippen LogP contribution in [0, 0.1) is 0 Å². The lowest BCUT2D eigenvalue weighted by Gasteiger charge is -2.18. The first kappa shape index (κ1) is 15.4. The number of rotatable bonds is 4. The van der Waals surface area contributed by atoms with Crippen LogP contribution in [0.5, 0.6) is 0 Å². The van der Waals surface area contributed by atoms with Crippen LogP contribution in [-0.2, 0) is 4.79 Å². The SMILES string of the molecule is CN(C)C(=O)CN(C)C(=O)c1ccc(C(N)=NO)cn1. The molecular weight excluding hydrogens is 262 g/mol. The largest absolute Gasteiger partial charge is 0.409 e. The van der Waals surface area contributed by atoms with E-state index in [9.17, 15) is 9.59 Å². The Bertz CT molecular complexity index is 524. The van der Waals surface area contributed by atoms with Crippen LogP contribution in [0.25, 0.3) is 0 Å². The first-order valence-electron chi connectivity index (χ1n) is 5.76. The Morgan fingerprint density at radius 1 is 1.35 bits per heavy atom. The molecule has 0 aromatic carbocycles. The highest BCUT2D eigenvalue weighted by atomic mass is 16.4. The van der Waals surface area contributed by atoms with Gasteiger partial charge in [0.05, 0.1) is 6.54 Å². The third-order valence-electron chi connectivity index (χ3n) is 2.60. The van der Waals surface area contributed by atoms with Crippen LogP contribution in [0.3, 0.4) is 0 Å². The third-order valence-corrected chi connectivity index (χ3v) is 2.60. The summed E-state index contributed by atoms with van der Waals surface area (Å²) in [6.45, 7) is -0.0322. The minimum atomic E-state index is -0.383. The molecule has 0 aliphatic carbocycles. The predicted octanol–water partition coefficient (Wildman–Crippen LogP) is -0.664. The molecule has 1 rings (SSSR count). The van der Waals surface area contributed by atoms with Gasteiger partial charge in [-0.3, -0.25) is 14.6 Å². The van der Waals surface area contributed by atoms with Crippen molar-refractivity contribution in [1.82, 2.24) is 14.8 Å². The topological polar surface area (TPSA) is 112 Å². The lowest BCUT2D eigenvalue weighted by atomic mass is 10.2. The summed E-state index contributed by atoms with van der Waals surface area (Å²) >= 11 is 0. The van der Waals surface area contributed by atoms with E-state index in [1.165, 1.54) is 35.2 Å². The van der Waals surface area contributed by atoms with Gasteiger partial charge in [0.1, 0.15) is 5.69 Å². The monoisotopic (exact) mass is 279 g/mol. The summed E-state index contributed by atoms with van der Waals surface area (Å²) in [5, 5.41) is 11.4. The van der Waals surface area contributed by atoms with Crippen molar-refractivity contribution in [2.45, 2.75) is 0 Å². The zero-order valence-electron chi connectivity index (χ0n) is 11.6. The number of nitrogens with two attached hydrogens (primary N) is 1. The molecule has 0 saturated carbocycles. The Hall–Kier alpha value is -2.64. The highest BCUT2D eigenvalue weighted by Crippen LogP contribution is 2.03. The smallest absolute Gasteiger partial charge is 0.272 e. The van der Waals surface area contributed by atoms with E-state index < -0.39 is 0 Å². The molecule has 0 bridgehead atoms. The highest BCUT2D eigenvalue weighted by molar-refractivity contribution is 5.98. The summed E-state index contributed by atoms with van der Waals surface area (Å²) in [5.74, 6) is -0.659. The van der Waals surface area contributed by atoms with E-state index in [4.69, 9.17) is 10.9 Å². The van der Waals surface area contributed by atoms with Crippen LogP contribution in [-0.4, -0.2) is 65.3 Å². The molecule has 1 aromatic heterocycles. The van der Waals surface area contributed by atoms with Gasteiger partial charge in [-0.05, 0) is 12.1 Å². The van der Waals surface area contributed by atoms with E-state index in [0.29, 0.717) is 5.56 Å². The van der Waals surface area contributed by atoms with Crippen LogP contribution in [0.15, 0.2) is 23.5 Å². The molecule has 3 N–H and O–H groups in total. The lowest BCUT2D eigenvalue weighted by Crippen LogP contribution is -2.38. The zero-order chi connectivity index (χ0) is 15.3. The molecular formula is C12H17N5O3. The number of amides is 2. The molecule has 8 nitrogen and oxygen atoms in total. The predicted molar refractivity (Wildman–Crippen MR) is 72.4 cm³/mol. The van der Waals surface area contributed by atoms with Crippen molar-refractivity contribution >= 4 is 17.6 Å². The van der Waals surface area contributed by atoms with Crippen molar-refractivity contribution in [2.75, 3.05) is 27.7 Å². The Morgan fingerprint density at radius 2 is 2.00 bits per heavy atom. The number of aromatic nitrogens is 1. The average Bonchev–Trinajstić information content (AvgIpc) is 2.45. The molecule has 0 radical (unpaired) electrons. The molecule has 0 atom stereocenters. The van der Waals surface area contributed by atoms with Crippen molar-refractivity contribution in [2.24, 2.45) is 10.9 Å². The van der Waals surface area contributed by atoms with Gasteiger partial charge in [0.2, 0.25) is 5.91 Å². The van der Waals surface area contributed by atoms with Crippen LogP contribution in [0.4, 0.5) is 0 Å². The lowest BCUT2D eigenvalue weighted by molar-refractivity contribution is -0.129. The molecule has 0 aliphatic rings. The summed E-state index contributed by atoms with van der Waals surface area (Å²) in [7, 11) is 4.75. The third kappa shape index (κ3) is 3.67. The minimum absolute atomic E-state index is 0.0322. The van der Waals surface area contributed by atoms with Crippen LogP contribution in [0.2, 0.25) is 0 Å². The van der Waals surface area contributed by atoms with E-state index in [1.54, 1.807) is 14.1 Å². The summed E-state index contributed by atoms with van der Waals surface area (Å²) in [6.07, 6.45) is 1.32. The number of nitrogens with zero attached hydrogens (tertiary/aromatic N) is 4. The summed E-state index contributed by atoms with van der Waals surface area (Å²) in [6, 6.07) is 2.96. The van der Waals surface area contributed by atoms with Gasteiger partial charge in [-0.2, -0.15) is 0 Å². The van der Waals surface area contributed by atoms with E-state index in [1.807, 2.05) is 0 Å². The van der Waals surface area contributed by atoms with Crippen molar-refractivity contribution in [1.29, 1.82) is 0 Å². The molecule has 0 spiro atoms. The summed E-state index contributed by atoms with van der Waals surface area (Å²) in [4.78, 5) is 30.2. The molecule has 20 heavy (non-hydrogen) atoms. The fourth-order valence-corrected chi connectivity index (χ4v) is 1.34. The van der Waals surface area contributed by atoms with Crippen LogP contribution >= 0.6 is 0 Å². The number of amidine groups is 1. The van der Waals surface area contributed by atoms with Gasteiger partial charge in [-0.25, -0.2) is 0 Å². The molecule has 108 valence electrons.